The lowest BCUT2D eigenvalue weighted by Gasteiger charge is -2.31. The first kappa shape index (κ1) is 26.3. The van der Waals surface area contributed by atoms with Crippen molar-refractivity contribution >= 4 is 23.5 Å². The first-order chi connectivity index (χ1) is 16.6. The number of nitrogens with zero attached hydrogens (tertiary/aromatic N) is 1. The molecular formula is C27H27ClFNO5. The molecule has 0 fully saturated rings. The van der Waals surface area contributed by atoms with Gasteiger partial charge in [0.05, 0.1) is 6.61 Å². The van der Waals surface area contributed by atoms with Crippen LogP contribution in [0.3, 0.4) is 0 Å². The summed E-state index contributed by atoms with van der Waals surface area (Å²) in [6, 6.07) is 21.1. The van der Waals surface area contributed by atoms with Gasteiger partial charge in [-0.15, -0.1) is 0 Å². The minimum absolute atomic E-state index is 0.230. The molecule has 0 saturated heterocycles. The second-order valence-corrected chi connectivity index (χ2v) is 8.96. The Balaban J connectivity index is 0.000000509. The summed E-state index contributed by atoms with van der Waals surface area (Å²) >= 11 is 6.17. The number of carboxylic acid groups (broad SMARTS) is 2. The minimum atomic E-state index is -1.82. The Morgan fingerprint density at radius 3 is 2.26 bits per heavy atom. The average molecular weight is 500 g/mol. The third-order valence-electron chi connectivity index (χ3n) is 5.80. The highest BCUT2D eigenvalue weighted by molar-refractivity contribution is 6.30. The molecular weight excluding hydrogens is 473 g/mol. The average Bonchev–Trinajstić information content (AvgIpc) is 3.18. The number of fused-ring (bicyclic) bond motifs is 1. The van der Waals surface area contributed by atoms with Crippen LogP contribution in [-0.2, 0) is 26.5 Å². The smallest absolute Gasteiger partial charge is 0.414 e. The Labute approximate surface area is 208 Å². The van der Waals surface area contributed by atoms with Gasteiger partial charge in [0.25, 0.3) is 0 Å². The van der Waals surface area contributed by atoms with E-state index in [9.17, 15) is 4.39 Å². The number of benzene rings is 3. The predicted molar refractivity (Wildman–Crippen MR) is 132 cm³/mol. The normalized spacial score (nSPS) is 16.4. The largest absolute Gasteiger partial charge is 0.473 e. The number of ether oxygens (including phenoxy) is 1. The van der Waals surface area contributed by atoms with Crippen LogP contribution in [-0.4, -0.2) is 47.7 Å². The molecule has 1 heterocycles. The van der Waals surface area contributed by atoms with E-state index in [0.717, 1.165) is 41.1 Å². The van der Waals surface area contributed by atoms with Crippen molar-refractivity contribution in [2.75, 3.05) is 20.6 Å². The molecule has 3 aromatic carbocycles. The van der Waals surface area contributed by atoms with Crippen molar-refractivity contribution in [2.24, 2.45) is 0 Å². The van der Waals surface area contributed by atoms with Crippen LogP contribution in [0.4, 0.5) is 4.39 Å². The van der Waals surface area contributed by atoms with Crippen LogP contribution in [0.5, 0.6) is 0 Å². The summed E-state index contributed by atoms with van der Waals surface area (Å²) < 4.78 is 20.0. The van der Waals surface area contributed by atoms with Crippen molar-refractivity contribution in [3.63, 3.8) is 0 Å². The zero-order chi connectivity index (χ0) is 25.6. The molecule has 6 nitrogen and oxygen atoms in total. The van der Waals surface area contributed by atoms with Crippen molar-refractivity contribution in [1.29, 1.82) is 0 Å². The summed E-state index contributed by atoms with van der Waals surface area (Å²) in [6.07, 6.45) is 1.83. The highest BCUT2D eigenvalue weighted by Crippen LogP contribution is 2.46. The van der Waals surface area contributed by atoms with Crippen LogP contribution >= 0.6 is 11.6 Å². The highest BCUT2D eigenvalue weighted by atomic mass is 35.5. The van der Waals surface area contributed by atoms with Crippen molar-refractivity contribution in [2.45, 2.75) is 25.0 Å². The molecule has 1 atom stereocenters. The maximum Gasteiger partial charge on any atom is 0.414 e. The molecule has 0 saturated carbocycles. The van der Waals surface area contributed by atoms with Gasteiger partial charge in [-0.3, -0.25) is 0 Å². The molecule has 4 rings (SSSR count). The van der Waals surface area contributed by atoms with Gasteiger partial charge in [0.2, 0.25) is 0 Å². The fourth-order valence-corrected chi connectivity index (χ4v) is 4.38. The second-order valence-electron chi connectivity index (χ2n) is 8.52. The number of carbonyl (C=O) groups is 2. The van der Waals surface area contributed by atoms with Crippen LogP contribution in [0.15, 0.2) is 66.7 Å². The maximum absolute atomic E-state index is 13.6. The number of carboxylic acids is 2. The minimum Gasteiger partial charge on any atom is -0.473 e. The van der Waals surface area contributed by atoms with E-state index in [4.69, 9.17) is 36.1 Å². The van der Waals surface area contributed by atoms with Gasteiger partial charge in [-0.1, -0.05) is 48.0 Å². The lowest BCUT2D eigenvalue weighted by Crippen LogP contribution is -2.28. The Hall–Kier alpha value is -3.26. The number of halogens is 2. The maximum atomic E-state index is 13.6. The fraction of sp³-hybridized carbons (Fsp3) is 0.259. The zero-order valence-corrected chi connectivity index (χ0v) is 20.3. The van der Waals surface area contributed by atoms with E-state index in [-0.39, 0.29) is 5.82 Å². The van der Waals surface area contributed by atoms with Crippen LogP contribution in [0.1, 0.15) is 29.5 Å². The topological polar surface area (TPSA) is 87.1 Å². The first-order valence-electron chi connectivity index (χ1n) is 11.0. The van der Waals surface area contributed by atoms with Crippen molar-refractivity contribution in [3.05, 3.63) is 94.3 Å². The van der Waals surface area contributed by atoms with E-state index < -0.39 is 17.5 Å². The Morgan fingerprint density at radius 2 is 1.66 bits per heavy atom. The molecule has 1 unspecified atom stereocenters. The van der Waals surface area contributed by atoms with Gasteiger partial charge in [-0.05, 0) is 91.6 Å². The van der Waals surface area contributed by atoms with E-state index in [1.165, 1.54) is 23.3 Å². The summed E-state index contributed by atoms with van der Waals surface area (Å²) in [6.45, 7) is 1.52. The van der Waals surface area contributed by atoms with Crippen molar-refractivity contribution in [3.8, 4) is 11.1 Å². The Kier molecular flexibility index (Phi) is 8.62. The lowest BCUT2D eigenvalue weighted by molar-refractivity contribution is -0.159. The Bertz CT molecular complexity index is 1190. The van der Waals surface area contributed by atoms with Gasteiger partial charge in [0.15, 0.2) is 0 Å². The summed E-state index contributed by atoms with van der Waals surface area (Å²) in [4.78, 5) is 20.4. The number of rotatable bonds is 6. The molecule has 35 heavy (non-hydrogen) atoms. The van der Waals surface area contributed by atoms with Crippen molar-refractivity contribution < 1.29 is 28.9 Å². The molecule has 3 aromatic rings. The summed E-state index contributed by atoms with van der Waals surface area (Å²) in [7, 11) is 4.15. The van der Waals surface area contributed by atoms with E-state index >= 15 is 0 Å². The standard InChI is InChI=1S/C25H25ClFNO.C2H2O4/c1-28(2)14-4-13-25(21-8-10-23(27)11-9-21)24-12-7-19(15-20(24)17-29-25)18-5-3-6-22(26)16-18;3-1(4)2(5)6/h3,5-12,15-16H,4,13-14,17H2,1-2H3;(H,3,4)(H,5,6). The SMILES string of the molecule is CN(C)CCCC1(c2ccc(F)cc2)OCc2cc(-c3cccc(Cl)c3)ccc21.O=C(O)C(=O)O. The predicted octanol–water partition coefficient (Wildman–Crippen LogP) is 5.42. The van der Waals surface area contributed by atoms with E-state index in [1.807, 2.05) is 30.3 Å². The van der Waals surface area contributed by atoms with Crippen LogP contribution in [0.2, 0.25) is 5.02 Å². The third-order valence-corrected chi connectivity index (χ3v) is 6.04. The van der Waals surface area contributed by atoms with Crippen molar-refractivity contribution in [1.82, 2.24) is 4.90 Å². The summed E-state index contributed by atoms with van der Waals surface area (Å²) in [5.41, 5.74) is 5.04. The van der Waals surface area contributed by atoms with E-state index in [0.29, 0.717) is 6.61 Å². The Morgan fingerprint density at radius 1 is 1.00 bits per heavy atom. The number of hydrogen-bond acceptors (Lipinski definition) is 4. The second kappa shape index (κ2) is 11.4. The molecule has 0 amide bonds. The molecule has 1 aliphatic rings. The number of aliphatic carboxylic acids is 2. The quantitative estimate of drug-likeness (QED) is 0.440. The van der Waals surface area contributed by atoms with Gasteiger partial charge >= 0.3 is 11.9 Å². The zero-order valence-electron chi connectivity index (χ0n) is 19.5. The fourth-order valence-electron chi connectivity index (χ4n) is 4.19. The first-order valence-corrected chi connectivity index (χ1v) is 11.4. The monoisotopic (exact) mass is 499 g/mol. The third kappa shape index (κ3) is 6.45. The van der Waals surface area contributed by atoms with Crippen LogP contribution in [0, 0.1) is 5.82 Å². The van der Waals surface area contributed by atoms with Gasteiger partial charge in [-0.2, -0.15) is 0 Å². The highest BCUT2D eigenvalue weighted by Gasteiger charge is 2.41. The molecule has 0 spiro atoms. The van der Waals surface area contributed by atoms with E-state index in [2.05, 4.69) is 43.3 Å². The van der Waals surface area contributed by atoms with Gasteiger partial charge in [0.1, 0.15) is 11.4 Å². The molecule has 0 radical (unpaired) electrons. The molecule has 0 aliphatic carbocycles. The van der Waals surface area contributed by atoms with Crippen LogP contribution < -0.4 is 0 Å². The van der Waals surface area contributed by atoms with E-state index in [1.54, 1.807) is 0 Å². The molecule has 0 aromatic heterocycles. The molecule has 184 valence electrons. The van der Waals surface area contributed by atoms with Gasteiger partial charge < -0.3 is 19.8 Å². The molecule has 2 N–H and O–H groups in total. The lowest BCUT2D eigenvalue weighted by atomic mass is 9.81. The van der Waals surface area contributed by atoms with Gasteiger partial charge in [-0.25, -0.2) is 14.0 Å². The summed E-state index contributed by atoms with van der Waals surface area (Å²) in [5.74, 6) is -3.88. The number of hydrogen-bond donors (Lipinski definition) is 2. The summed E-state index contributed by atoms with van der Waals surface area (Å²) in [5, 5.41) is 15.5. The molecule has 8 heteroatoms. The molecule has 1 aliphatic heterocycles. The van der Waals surface area contributed by atoms with Gasteiger partial charge in [0, 0.05) is 5.02 Å². The van der Waals surface area contributed by atoms with Crippen LogP contribution in [0.25, 0.3) is 11.1 Å². The molecule has 0 bridgehead atoms.